The average molecular weight is 549 g/mol. The summed E-state index contributed by atoms with van der Waals surface area (Å²) in [5.74, 6) is -0.196. The highest BCUT2D eigenvalue weighted by molar-refractivity contribution is 5.76. The van der Waals surface area contributed by atoms with Crippen LogP contribution in [0.4, 0.5) is 0 Å². The van der Waals surface area contributed by atoms with Gasteiger partial charge in [-0.1, -0.05) is 84.9 Å². The van der Waals surface area contributed by atoms with E-state index in [-0.39, 0.29) is 18.9 Å². The van der Waals surface area contributed by atoms with Crippen molar-refractivity contribution in [3.8, 4) is 11.1 Å². The first-order valence-corrected chi connectivity index (χ1v) is 13.8. The topological polar surface area (TPSA) is 112 Å². The largest absolute Gasteiger partial charge is 0.388 e. The van der Waals surface area contributed by atoms with Crippen molar-refractivity contribution >= 4 is 5.91 Å². The quantitative estimate of drug-likeness (QED) is 0.283. The van der Waals surface area contributed by atoms with Crippen LogP contribution >= 0.6 is 0 Å². The van der Waals surface area contributed by atoms with E-state index in [9.17, 15) is 9.90 Å². The maximum atomic E-state index is 12.6. The molecule has 0 spiro atoms. The summed E-state index contributed by atoms with van der Waals surface area (Å²) >= 11 is 0. The minimum atomic E-state index is -1.03. The van der Waals surface area contributed by atoms with Crippen LogP contribution in [0.15, 0.2) is 84.9 Å². The zero-order valence-corrected chi connectivity index (χ0v) is 23.0. The van der Waals surface area contributed by atoms with Gasteiger partial charge in [0.2, 0.25) is 5.91 Å². The Balaban J connectivity index is 1.37. The van der Waals surface area contributed by atoms with Gasteiger partial charge in [0.05, 0.1) is 19.8 Å². The van der Waals surface area contributed by atoms with Gasteiger partial charge in [-0.05, 0) is 41.6 Å². The highest BCUT2D eigenvalue weighted by Gasteiger charge is 2.47. The molecule has 0 saturated carbocycles. The minimum Gasteiger partial charge on any atom is -0.388 e. The van der Waals surface area contributed by atoms with Gasteiger partial charge in [0, 0.05) is 13.5 Å². The molecule has 3 aromatic rings. The molecule has 0 aromatic heterocycles. The van der Waals surface area contributed by atoms with Crippen LogP contribution in [-0.2, 0) is 36.8 Å². The summed E-state index contributed by atoms with van der Waals surface area (Å²) in [7, 11) is 1.51. The van der Waals surface area contributed by atoms with Crippen molar-refractivity contribution in [3.05, 3.63) is 96.1 Å². The fourth-order valence-corrected chi connectivity index (χ4v) is 4.81. The van der Waals surface area contributed by atoms with E-state index in [2.05, 4.69) is 29.6 Å². The third-order valence-electron chi connectivity index (χ3n) is 7.01. The standard InChI is InChI=1S/C32H40N2O6/c1-37-31-29(34-28(35)13-8-19-33)32(39-20-18-23-9-4-2-5-10-23)40-27(30(31)36)22-38-21-24-14-16-26(17-15-24)25-11-6-3-7-12-25/h2-7,9-12,14-17,27,29-32,36H,8,13,18-22,33H2,1H3,(H,34,35)/t27-,29-,30-,31-,32?/m1/s1. The fraction of sp³-hybridized carbons (Fsp3) is 0.406. The summed E-state index contributed by atoms with van der Waals surface area (Å²) in [4.78, 5) is 12.6. The lowest BCUT2D eigenvalue weighted by Crippen LogP contribution is -2.65. The number of hydrogen-bond donors (Lipinski definition) is 3. The summed E-state index contributed by atoms with van der Waals surface area (Å²) in [5, 5.41) is 14.0. The number of carbonyl (C=O) groups is 1. The molecule has 1 aliphatic rings. The Morgan fingerprint density at radius 2 is 1.62 bits per heavy atom. The van der Waals surface area contributed by atoms with Gasteiger partial charge in [-0.2, -0.15) is 0 Å². The maximum absolute atomic E-state index is 12.6. The molecule has 0 aliphatic carbocycles. The van der Waals surface area contributed by atoms with Crippen molar-refractivity contribution in [1.29, 1.82) is 0 Å². The van der Waals surface area contributed by atoms with E-state index in [0.717, 1.165) is 22.3 Å². The molecule has 1 saturated heterocycles. The molecule has 4 rings (SSSR count). The Hall–Kier alpha value is -3.11. The Morgan fingerprint density at radius 3 is 2.30 bits per heavy atom. The predicted octanol–water partition coefficient (Wildman–Crippen LogP) is 3.45. The number of methoxy groups -OCH3 is 1. The molecule has 1 aliphatic heterocycles. The lowest BCUT2D eigenvalue weighted by atomic mass is 9.96. The van der Waals surface area contributed by atoms with Crippen molar-refractivity contribution in [2.24, 2.45) is 5.73 Å². The van der Waals surface area contributed by atoms with Crippen LogP contribution in [0.25, 0.3) is 11.1 Å². The molecule has 8 nitrogen and oxygen atoms in total. The molecule has 4 N–H and O–H groups in total. The summed E-state index contributed by atoms with van der Waals surface area (Å²) in [5.41, 5.74) is 9.99. The molecule has 1 heterocycles. The number of ether oxygens (including phenoxy) is 4. The second-order valence-corrected chi connectivity index (χ2v) is 9.90. The maximum Gasteiger partial charge on any atom is 0.220 e. The molecule has 1 fully saturated rings. The molecular formula is C32H40N2O6. The third kappa shape index (κ3) is 8.44. The van der Waals surface area contributed by atoms with Crippen LogP contribution in [0.5, 0.6) is 0 Å². The van der Waals surface area contributed by atoms with E-state index in [1.165, 1.54) is 7.11 Å². The van der Waals surface area contributed by atoms with Crippen LogP contribution < -0.4 is 11.1 Å². The van der Waals surface area contributed by atoms with Crippen molar-refractivity contribution in [1.82, 2.24) is 5.32 Å². The van der Waals surface area contributed by atoms with E-state index < -0.39 is 30.6 Å². The summed E-state index contributed by atoms with van der Waals surface area (Å²) in [6.45, 7) is 1.28. The van der Waals surface area contributed by atoms with Gasteiger partial charge < -0.3 is 35.1 Å². The zero-order valence-electron chi connectivity index (χ0n) is 23.0. The first-order valence-electron chi connectivity index (χ1n) is 13.8. The number of amides is 1. The Bertz CT molecular complexity index is 1150. The van der Waals surface area contributed by atoms with E-state index in [4.69, 9.17) is 24.7 Å². The lowest BCUT2D eigenvalue weighted by Gasteiger charge is -2.44. The normalized spacial score (nSPS) is 22.6. The molecule has 214 valence electrons. The van der Waals surface area contributed by atoms with E-state index in [1.54, 1.807) is 0 Å². The Labute approximate surface area is 236 Å². The van der Waals surface area contributed by atoms with Crippen molar-refractivity contribution in [3.63, 3.8) is 0 Å². The molecule has 8 heteroatoms. The van der Waals surface area contributed by atoms with E-state index in [1.807, 2.05) is 60.7 Å². The van der Waals surface area contributed by atoms with Gasteiger partial charge in [-0.25, -0.2) is 0 Å². The number of aliphatic hydroxyl groups is 1. The van der Waals surface area contributed by atoms with Crippen LogP contribution in [0.3, 0.4) is 0 Å². The fourth-order valence-electron chi connectivity index (χ4n) is 4.81. The number of aliphatic hydroxyl groups excluding tert-OH is 1. The van der Waals surface area contributed by atoms with Crippen molar-refractivity contribution < 1.29 is 28.8 Å². The first kappa shape index (κ1) is 29.9. The molecule has 5 atom stereocenters. The third-order valence-corrected chi connectivity index (χ3v) is 7.01. The molecule has 3 aromatic carbocycles. The Morgan fingerprint density at radius 1 is 0.950 bits per heavy atom. The summed E-state index contributed by atoms with van der Waals surface area (Å²) < 4.78 is 23.9. The molecular weight excluding hydrogens is 508 g/mol. The number of rotatable bonds is 14. The van der Waals surface area contributed by atoms with Crippen LogP contribution in [0.2, 0.25) is 0 Å². The second-order valence-electron chi connectivity index (χ2n) is 9.90. The number of benzene rings is 3. The monoisotopic (exact) mass is 548 g/mol. The minimum absolute atomic E-state index is 0.133. The smallest absolute Gasteiger partial charge is 0.220 e. The predicted molar refractivity (Wildman–Crippen MR) is 153 cm³/mol. The number of hydrogen-bond acceptors (Lipinski definition) is 7. The Kier molecular flexibility index (Phi) is 11.7. The van der Waals surface area contributed by atoms with Gasteiger partial charge in [0.15, 0.2) is 6.29 Å². The number of nitrogens with one attached hydrogen (secondary N) is 1. The highest BCUT2D eigenvalue weighted by atomic mass is 16.7. The number of nitrogens with two attached hydrogens (primary N) is 1. The second kappa shape index (κ2) is 15.6. The highest BCUT2D eigenvalue weighted by Crippen LogP contribution is 2.26. The molecule has 0 radical (unpaired) electrons. The van der Waals surface area contributed by atoms with Crippen LogP contribution in [-0.4, -0.2) is 68.5 Å². The van der Waals surface area contributed by atoms with Crippen LogP contribution in [0, 0.1) is 0 Å². The molecule has 1 amide bonds. The molecule has 0 bridgehead atoms. The van der Waals surface area contributed by atoms with E-state index >= 15 is 0 Å². The number of carbonyl (C=O) groups excluding carboxylic acids is 1. The summed E-state index contributed by atoms with van der Waals surface area (Å²) in [6.07, 6.45) is -1.79. The van der Waals surface area contributed by atoms with Gasteiger partial charge in [-0.3, -0.25) is 4.79 Å². The van der Waals surface area contributed by atoms with Crippen molar-refractivity contribution in [2.75, 3.05) is 26.9 Å². The summed E-state index contributed by atoms with van der Waals surface area (Å²) in [6, 6.07) is 27.7. The van der Waals surface area contributed by atoms with Gasteiger partial charge in [0.1, 0.15) is 24.4 Å². The van der Waals surface area contributed by atoms with Crippen molar-refractivity contribution in [2.45, 2.75) is 56.5 Å². The molecule has 40 heavy (non-hydrogen) atoms. The first-order chi connectivity index (χ1) is 19.6. The lowest BCUT2D eigenvalue weighted by molar-refractivity contribution is -0.276. The van der Waals surface area contributed by atoms with Crippen LogP contribution in [0.1, 0.15) is 24.0 Å². The zero-order chi connectivity index (χ0) is 28.2. The average Bonchev–Trinajstić information content (AvgIpc) is 2.99. The van der Waals surface area contributed by atoms with Gasteiger partial charge in [-0.15, -0.1) is 0 Å². The van der Waals surface area contributed by atoms with Gasteiger partial charge >= 0.3 is 0 Å². The van der Waals surface area contributed by atoms with E-state index in [0.29, 0.717) is 32.6 Å². The molecule has 1 unspecified atom stereocenters. The SMILES string of the molecule is CO[C@H]1[C@H](O)[C@@H](COCc2ccc(-c3ccccc3)cc2)OC(OCCc2ccccc2)[C@@H]1NC(=O)CCCN. The van der Waals surface area contributed by atoms with Gasteiger partial charge in [0.25, 0.3) is 0 Å².